The minimum atomic E-state index is 0.239. The number of pyridine rings is 1. The van der Waals surface area contributed by atoms with Crippen molar-refractivity contribution in [2.24, 2.45) is 11.8 Å². The number of ketones is 1. The third-order valence-corrected chi connectivity index (χ3v) is 4.12. The Morgan fingerprint density at radius 1 is 1.50 bits per heavy atom. The Hall–Kier alpha value is -1.38. The van der Waals surface area contributed by atoms with Gasteiger partial charge in [-0.15, -0.1) is 0 Å². The molecule has 0 bridgehead atoms. The van der Waals surface area contributed by atoms with Gasteiger partial charge in [-0.05, 0) is 24.8 Å². The largest absolute Gasteiger partial charge is 0.398 e. The molecular formula is C15H22N2O. The number of hydrogen-bond acceptors (Lipinski definition) is 3. The fraction of sp³-hybridized carbons (Fsp3) is 0.600. The maximum atomic E-state index is 12.3. The SMILES string of the molecule is CCC1CCCC(C(=O)Cc2cnccc2N)C1. The lowest BCUT2D eigenvalue weighted by Crippen LogP contribution is -2.24. The number of Topliss-reactive ketones (excluding diaryl/α,β-unsaturated/α-hetero) is 1. The molecule has 2 unspecified atom stereocenters. The highest BCUT2D eigenvalue weighted by Crippen LogP contribution is 2.32. The van der Waals surface area contributed by atoms with Gasteiger partial charge in [-0.2, -0.15) is 0 Å². The Morgan fingerprint density at radius 2 is 2.33 bits per heavy atom. The Bertz CT molecular complexity index is 417. The lowest BCUT2D eigenvalue weighted by Gasteiger charge is -2.27. The number of nitrogen functional groups attached to an aromatic ring is 1. The standard InChI is InChI=1S/C15H22N2O/c1-2-11-4-3-5-12(8-11)15(18)9-13-10-17-7-6-14(13)16/h6-7,10-12H,2-5,8-9H2,1H3,(H2,16,17). The summed E-state index contributed by atoms with van der Waals surface area (Å²) in [5.74, 6) is 1.31. The first kappa shape index (κ1) is 13.1. The Morgan fingerprint density at radius 3 is 3.06 bits per heavy atom. The molecule has 1 aromatic heterocycles. The summed E-state index contributed by atoms with van der Waals surface area (Å²) in [7, 11) is 0. The molecule has 1 saturated carbocycles. The highest BCUT2D eigenvalue weighted by Gasteiger charge is 2.26. The average molecular weight is 246 g/mol. The van der Waals surface area contributed by atoms with E-state index >= 15 is 0 Å². The topological polar surface area (TPSA) is 56.0 Å². The first-order valence-electron chi connectivity index (χ1n) is 6.91. The van der Waals surface area contributed by atoms with E-state index in [1.807, 2.05) is 0 Å². The van der Waals surface area contributed by atoms with Crippen LogP contribution in [-0.2, 0) is 11.2 Å². The van der Waals surface area contributed by atoms with Crippen LogP contribution in [0.5, 0.6) is 0 Å². The van der Waals surface area contributed by atoms with Crippen molar-refractivity contribution in [3.63, 3.8) is 0 Å². The van der Waals surface area contributed by atoms with Gasteiger partial charge in [0.15, 0.2) is 0 Å². The summed E-state index contributed by atoms with van der Waals surface area (Å²) in [6.07, 6.45) is 9.61. The zero-order valence-electron chi connectivity index (χ0n) is 11.1. The molecule has 2 rings (SSSR count). The predicted molar refractivity (Wildman–Crippen MR) is 73.1 cm³/mol. The van der Waals surface area contributed by atoms with Crippen molar-refractivity contribution in [2.45, 2.75) is 45.4 Å². The number of carbonyl (C=O) groups excluding carboxylic acids is 1. The molecule has 1 aliphatic rings. The normalized spacial score (nSPS) is 23.8. The highest BCUT2D eigenvalue weighted by atomic mass is 16.1. The average Bonchev–Trinajstić information content (AvgIpc) is 2.41. The lowest BCUT2D eigenvalue weighted by molar-refractivity contribution is -0.123. The quantitative estimate of drug-likeness (QED) is 0.888. The molecule has 3 nitrogen and oxygen atoms in total. The van der Waals surface area contributed by atoms with Gasteiger partial charge in [0.25, 0.3) is 0 Å². The number of anilines is 1. The Kier molecular flexibility index (Phi) is 4.34. The number of nitrogens with two attached hydrogens (primary N) is 1. The summed E-state index contributed by atoms with van der Waals surface area (Å²) in [5.41, 5.74) is 7.42. The van der Waals surface area contributed by atoms with Crippen LogP contribution in [0.2, 0.25) is 0 Å². The van der Waals surface area contributed by atoms with E-state index in [4.69, 9.17) is 5.73 Å². The monoisotopic (exact) mass is 246 g/mol. The molecule has 0 aliphatic heterocycles. The van der Waals surface area contributed by atoms with E-state index in [1.165, 1.54) is 19.3 Å². The van der Waals surface area contributed by atoms with Crippen molar-refractivity contribution >= 4 is 11.5 Å². The van der Waals surface area contributed by atoms with Gasteiger partial charge in [0.1, 0.15) is 5.78 Å². The van der Waals surface area contributed by atoms with Crippen LogP contribution in [0, 0.1) is 11.8 Å². The summed E-state index contributed by atoms with van der Waals surface area (Å²) in [5, 5.41) is 0. The van der Waals surface area contributed by atoms with Gasteiger partial charge in [0.05, 0.1) is 0 Å². The van der Waals surface area contributed by atoms with Gasteiger partial charge in [-0.25, -0.2) is 0 Å². The maximum Gasteiger partial charge on any atom is 0.140 e. The van der Waals surface area contributed by atoms with Crippen LogP contribution in [0.1, 0.15) is 44.6 Å². The van der Waals surface area contributed by atoms with Crippen LogP contribution >= 0.6 is 0 Å². The minimum absolute atomic E-state index is 0.239. The third-order valence-electron chi connectivity index (χ3n) is 4.12. The van der Waals surface area contributed by atoms with Crippen LogP contribution < -0.4 is 5.73 Å². The molecule has 2 N–H and O–H groups in total. The molecule has 2 atom stereocenters. The smallest absolute Gasteiger partial charge is 0.140 e. The molecule has 3 heteroatoms. The number of nitrogens with zero attached hydrogens (tertiary/aromatic N) is 1. The van der Waals surface area contributed by atoms with Crippen LogP contribution in [0.25, 0.3) is 0 Å². The second kappa shape index (κ2) is 5.98. The van der Waals surface area contributed by atoms with Crippen molar-refractivity contribution in [1.29, 1.82) is 0 Å². The van der Waals surface area contributed by atoms with Gasteiger partial charge >= 0.3 is 0 Å². The van der Waals surface area contributed by atoms with E-state index in [2.05, 4.69) is 11.9 Å². The first-order chi connectivity index (χ1) is 8.70. The Labute approximate surface area is 109 Å². The molecule has 1 aliphatic carbocycles. The molecule has 0 spiro atoms. The van der Waals surface area contributed by atoms with Crippen molar-refractivity contribution in [3.05, 3.63) is 24.0 Å². The van der Waals surface area contributed by atoms with Gasteiger partial charge in [-0.3, -0.25) is 9.78 Å². The number of aromatic nitrogens is 1. The molecule has 0 aromatic carbocycles. The van der Waals surface area contributed by atoms with Crippen molar-refractivity contribution in [1.82, 2.24) is 4.98 Å². The van der Waals surface area contributed by atoms with E-state index in [-0.39, 0.29) is 5.92 Å². The molecule has 1 fully saturated rings. The number of carbonyl (C=O) groups is 1. The molecule has 0 saturated heterocycles. The molecule has 0 radical (unpaired) electrons. The van der Waals surface area contributed by atoms with Crippen molar-refractivity contribution < 1.29 is 4.79 Å². The summed E-state index contributed by atoms with van der Waals surface area (Å²) in [6.45, 7) is 2.22. The van der Waals surface area contributed by atoms with Crippen LogP contribution in [-0.4, -0.2) is 10.8 Å². The van der Waals surface area contributed by atoms with Crippen LogP contribution in [0.3, 0.4) is 0 Å². The summed E-state index contributed by atoms with van der Waals surface area (Å²) < 4.78 is 0. The fourth-order valence-electron chi connectivity index (χ4n) is 2.87. The predicted octanol–water partition coefficient (Wildman–Crippen LogP) is 2.99. The summed E-state index contributed by atoms with van der Waals surface area (Å²) in [6, 6.07) is 1.76. The zero-order valence-corrected chi connectivity index (χ0v) is 11.1. The van der Waals surface area contributed by atoms with Crippen molar-refractivity contribution in [2.75, 3.05) is 5.73 Å². The number of hydrogen-bond donors (Lipinski definition) is 1. The van der Waals surface area contributed by atoms with E-state index in [1.54, 1.807) is 18.5 Å². The van der Waals surface area contributed by atoms with Gasteiger partial charge in [0.2, 0.25) is 0 Å². The van der Waals surface area contributed by atoms with E-state index in [0.717, 1.165) is 24.3 Å². The Balaban J connectivity index is 1.97. The second-order valence-corrected chi connectivity index (χ2v) is 5.36. The summed E-state index contributed by atoms with van der Waals surface area (Å²) in [4.78, 5) is 16.3. The van der Waals surface area contributed by atoms with E-state index < -0.39 is 0 Å². The van der Waals surface area contributed by atoms with Gasteiger partial charge < -0.3 is 5.73 Å². The molecule has 98 valence electrons. The van der Waals surface area contributed by atoms with Crippen LogP contribution in [0.15, 0.2) is 18.5 Å². The van der Waals surface area contributed by atoms with E-state index in [9.17, 15) is 4.79 Å². The fourth-order valence-corrected chi connectivity index (χ4v) is 2.87. The maximum absolute atomic E-state index is 12.3. The number of rotatable bonds is 4. The molecule has 1 heterocycles. The molecular weight excluding hydrogens is 224 g/mol. The minimum Gasteiger partial charge on any atom is -0.398 e. The summed E-state index contributed by atoms with van der Waals surface area (Å²) >= 11 is 0. The van der Waals surface area contributed by atoms with Gasteiger partial charge in [-0.1, -0.05) is 26.2 Å². The van der Waals surface area contributed by atoms with Crippen LogP contribution in [0.4, 0.5) is 5.69 Å². The van der Waals surface area contributed by atoms with E-state index in [0.29, 0.717) is 17.9 Å². The first-order valence-corrected chi connectivity index (χ1v) is 6.91. The lowest BCUT2D eigenvalue weighted by atomic mass is 9.77. The third kappa shape index (κ3) is 3.09. The van der Waals surface area contributed by atoms with Gasteiger partial charge in [0, 0.05) is 36.0 Å². The van der Waals surface area contributed by atoms with Crippen molar-refractivity contribution in [3.8, 4) is 0 Å². The highest BCUT2D eigenvalue weighted by molar-refractivity contribution is 5.84. The molecule has 0 amide bonds. The second-order valence-electron chi connectivity index (χ2n) is 5.36. The zero-order chi connectivity index (χ0) is 13.0. The molecule has 18 heavy (non-hydrogen) atoms. The molecule has 1 aromatic rings.